The lowest BCUT2D eigenvalue weighted by molar-refractivity contribution is 0.398. The molecule has 1 aliphatic carbocycles. The smallest absolute Gasteiger partial charge is 0.130 e. The average Bonchev–Trinajstić information content (AvgIpc) is 3.06. The van der Waals surface area contributed by atoms with E-state index in [1.807, 2.05) is 7.11 Å². The van der Waals surface area contributed by atoms with Crippen LogP contribution in [0.2, 0.25) is 0 Å². The number of fused-ring (bicyclic) bond motifs is 3. The molecular weight excluding hydrogens is 400 g/mol. The number of methoxy groups -OCH3 is 1. The van der Waals surface area contributed by atoms with Gasteiger partial charge in [-0.1, -0.05) is 97.9 Å². The molecule has 33 heavy (non-hydrogen) atoms. The largest absolute Gasteiger partial charge is 0.496 e. The molecule has 1 nitrogen and oxygen atoms in total. The fourth-order valence-electron chi connectivity index (χ4n) is 5.69. The van der Waals surface area contributed by atoms with Crippen LogP contribution in [0.25, 0.3) is 22.3 Å². The van der Waals surface area contributed by atoms with Crippen molar-refractivity contribution >= 4 is 0 Å². The molecular formula is C32H40O. The summed E-state index contributed by atoms with van der Waals surface area (Å²) in [5.41, 5.74) is 10.9. The molecule has 1 heteroatoms. The molecule has 0 spiro atoms. The van der Waals surface area contributed by atoms with Gasteiger partial charge in [0, 0.05) is 16.5 Å². The van der Waals surface area contributed by atoms with Crippen LogP contribution in [0.5, 0.6) is 5.75 Å². The fraction of sp³-hybridized carbons (Fsp3) is 0.438. The minimum absolute atomic E-state index is 0.00902. The minimum atomic E-state index is -0.00902. The van der Waals surface area contributed by atoms with Gasteiger partial charge in [-0.2, -0.15) is 0 Å². The molecule has 0 aliphatic heterocycles. The van der Waals surface area contributed by atoms with Crippen LogP contribution in [-0.4, -0.2) is 7.11 Å². The molecule has 0 amide bonds. The van der Waals surface area contributed by atoms with E-state index >= 15 is 0 Å². The predicted octanol–water partition coefficient (Wildman–Crippen LogP) is 9.04. The highest BCUT2D eigenvalue weighted by molar-refractivity contribution is 5.85. The van der Waals surface area contributed by atoms with Crippen molar-refractivity contribution in [3.05, 3.63) is 76.9 Å². The fourth-order valence-corrected chi connectivity index (χ4v) is 5.69. The number of benzene rings is 3. The maximum Gasteiger partial charge on any atom is 0.130 e. The molecule has 0 aromatic heterocycles. The van der Waals surface area contributed by atoms with Crippen LogP contribution in [-0.2, 0) is 16.2 Å². The van der Waals surface area contributed by atoms with Crippen molar-refractivity contribution in [1.29, 1.82) is 0 Å². The first-order valence-electron chi connectivity index (χ1n) is 12.5. The van der Waals surface area contributed by atoms with Crippen LogP contribution in [0.15, 0.2) is 54.6 Å². The number of hydrogen-bond donors (Lipinski definition) is 0. The molecule has 0 saturated heterocycles. The van der Waals surface area contributed by atoms with E-state index < -0.39 is 0 Å². The van der Waals surface area contributed by atoms with Gasteiger partial charge in [0.1, 0.15) is 5.75 Å². The standard InChI is InChI=1S/C32H40O/c1-10-32(11-2)26-15-13-12-14-23(26)24-17-16-21(18-27(24)32)25-19-22(30(3,4)5)20-28(29(25)33-9)31(6,7)8/h12-20H,10-11H2,1-9H3. The maximum absolute atomic E-state index is 6.11. The first-order chi connectivity index (χ1) is 15.5. The van der Waals surface area contributed by atoms with Crippen molar-refractivity contribution in [3.63, 3.8) is 0 Å². The lowest BCUT2D eigenvalue weighted by atomic mass is 9.73. The van der Waals surface area contributed by atoms with Gasteiger partial charge in [-0.3, -0.25) is 0 Å². The van der Waals surface area contributed by atoms with Gasteiger partial charge in [0.25, 0.3) is 0 Å². The predicted molar refractivity (Wildman–Crippen MR) is 143 cm³/mol. The second-order valence-corrected chi connectivity index (χ2v) is 11.7. The van der Waals surface area contributed by atoms with E-state index in [0.29, 0.717) is 0 Å². The van der Waals surface area contributed by atoms with Gasteiger partial charge in [-0.15, -0.1) is 0 Å². The highest BCUT2D eigenvalue weighted by Crippen LogP contribution is 2.54. The molecule has 3 aromatic carbocycles. The third kappa shape index (κ3) is 3.70. The van der Waals surface area contributed by atoms with Gasteiger partial charge >= 0.3 is 0 Å². The zero-order chi connectivity index (χ0) is 24.2. The van der Waals surface area contributed by atoms with Crippen molar-refractivity contribution in [3.8, 4) is 28.0 Å². The topological polar surface area (TPSA) is 9.23 Å². The van der Waals surface area contributed by atoms with E-state index in [1.165, 1.54) is 44.5 Å². The third-order valence-corrected chi connectivity index (χ3v) is 7.75. The molecule has 0 saturated carbocycles. The molecule has 0 radical (unpaired) electrons. The zero-order valence-electron chi connectivity index (χ0n) is 22.0. The van der Waals surface area contributed by atoms with Crippen LogP contribution in [0.3, 0.4) is 0 Å². The Morgan fingerprint density at radius 3 is 1.91 bits per heavy atom. The van der Waals surface area contributed by atoms with Gasteiger partial charge in [0.2, 0.25) is 0 Å². The summed E-state index contributed by atoms with van der Waals surface area (Å²) in [7, 11) is 1.82. The SMILES string of the molecule is CCC1(CC)c2ccccc2-c2ccc(-c3cc(C(C)(C)C)cc(C(C)(C)C)c3OC)cc21. The molecule has 4 rings (SSSR count). The summed E-state index contributed by atoms with van der Waals surface area (Å²) in [4.78, 5) is 0. The number of hydrogen-bond acceptors (Lipinski definition) is 1. The number of rotatable bonds is 4. The van der Waals surface area contributed by atoms with Crippen LogP contribution in [0.1, 0.15) is 90.5 Å². The van der Waals surface area contributed by atoms with Crippen molar-refractivity contribution in [2.45, 2.75) is 84.5 Å². The van der Waals surface area contributed by atoms with Gasteiger partial charge in [-0.05, 0) is 69.2 Å². The highest BCUT2D eigenvalue weighted by atomic mass is 16.5. The van der Waals surface area contributed by atoms with Crippen LogP contribution in [0.4, 0.5) is 0 Å². The zero-order valence-corrected chi connectivity index (χ0v) is 22.0. The Balaban J connectivity index is 2.02. The molecule has 174 valence electrons. The van der Waals surface area contributed by atoms with Gasteiger partial charge < -0.3 is 4.74 Å². The van der Waals surface area contributed by atoms with Gasteiger partial charge in [-0.25, -0.2) is 0 Å². The highest BCUT2D eigenvalue weighted by Gasteiger charge is 2.40. The van der Waals surface area contributed by atoms with E-state index in [0.717, 1.165) is 18.6 Å². The van der Waals surface area contributed by atoms with Crippen LogP contribution in [0, 0.1) is 0 Å². The van der Waals surface area contributed by atoms with E-state index in [9.17, 15) is 0 Å². The monoisotopic (exact) mass is 440 g/mol. The van der Waals surface area contributed by atoms with E-state index in [2.05, 4.69) is 110 Å². The summed E-state index contributed by atoms with van der Waals surface area (Å²) in [6.45, 7) is 18.4. The van der Waals surface area contributed by atoms with Crippen molar-refractivity contribution in [2.24, 2.45) is 0 Å². The van der Waals surface area contributed by atoms with Crippen molar-refractivity contribution < 1.29 is 4.74 Å². The molecule has 0 heterocycles. The van der Waals surface area contributed by atoms with Gasteiger partial charge in [0.15, 0.2) is 0 Å². The van der Waals surface area contributed by atoms with Crippen molar-refractivity contribution in [2.75, 3.05) is 7.11 Å². The Labute approximate surface area is 201 Å². The Kier molecular flexibility index (Phi) is 5.76. The first kappa shape index (κ1) is 23.6. The summed E-state index contributed by atoms with van der Waals surface area (Å²) in [5.74, 6) is 1.00. The summed E-state index contributed by atoms with van der Waals surface area (Å²) >= 11 is 0. The Hall–Kier alpha value is -2.54. The summed E-state index contributed by atoms with van der Waals surface area (Å²) < 4.78 is 6.11. The van der Waals surface area contributed by atoms with Crippen LogP contribution >= 0.6 is 0 Å². The summed E-state index contributed by atoms with van der Waals surface area (Å²) in [6, 6.07) is 20.8. The summed E-state index contributed by atoms with van der Waals surface area (Å²) in [6.07, 6.45) is 2.20. The molecule has 1 aliphatic rings. The van der Waals surface area contributed by atoms with E-state index in [4.69, 9.17) is 4.74 Å². The quantitative estimate of drug-likeness (QED) is 0.393. The van der Waals surface area contributed by atoms with Crippen LogP contribution < -0.4 is 4.74 Å². The molecule has 0 unspecified atom stereocenters. The maximum atomic E-state index is 6.11. The Bertz CT molecular complexity index is 1180. The second kappa shape index (κ2) is 8.05. The lowest BCUT2D eigenvalue weighted by Gasteiger charge is -2.31. The third-order valence-electron chi connectivity index (χ3n) is 7.75. The molecule has 3 aromatic rings. The number of ether oxygens (including phenoxy) is 1. The van der Waals surface area contributed by atoms with E-state index in [1.54, 1.807) is 0 Å². The first-order valence-corrected chi connectivity index (χ1v) is 12.5. The van der Waals surface area contributed by atoms with E-state index in [-0.39, 0.29) is 16.2 Å². The second-order valence-electron chi connectivity index (χ2n) is 11.7. The minimum Gasteiger partial charge on any atom is -0.496 e. The van der Waals surface area contributed by atoms with Crippen molar-refractivity contribution in [1.82, 2.24) is 0 Å². The van der Waals surface area contributed by atoms with Gasteiger partial charge in [0.05, 0.1) is 7.11 Å². The molecule has 0 N–H and O–H groups in total. The molecule has 0 bridgehead atoms. The molecule has 0 fully saturated rings. The average molecular weight is 441 g/mol. The Morgan fingerprint density at radius 2 is 1.33 bits per heavy atom. The summed E-state index contributed by atoms with van der Waals surface area (Å²) in [5, 5.41) is 0. The molecule has 0 atom stereocenters. The Morgan fingerprint density at radius 1 is 0.697 bits per heavy atom. The lowest BCUT2D eigenvalue weighted by Crippen LogP contribution is -2.23. The normalized spacial score (nSPS) is 14.7.